The molecule has 0 aromatic heterocycles. The molecule has 0 atom stereocenters. The van der Waals surface area contributed by atoms with Crippen LogP contribution in [0.3, 0.4) is 0 Å². The van der Waals surface area contributed by atoms with Gasteiger partial charge in [0.1, 0.15) is 0 Å². The van der Waals surface area contributed by atoms with Crippen molar-refractivity contribution in [3.05, 3.63) is 35.8 Å². The smallest absolute Gasteiger partial charge is 0.320 e. The third-order valence-electron chi connectivity index (χ3n) is 2.59. The molecule has 0 aromatic rings. The summed E-state index contributed by atoms with van der Waals surface area (Å²) in [5, 5.41) is 0. The van der Waals surface area contributed by atoms with Crippen molar-refractivity contribution >= 4 is 5.71 Å². The Labute approximate surface area is 115 Å². The summed E-state index contributed by atoms with van der Waals surface area (Å²) in [6.45, 7) is 10.5. The van der Waals surface area contributed by atoms with E-state index in [0.29, 0.717) is 12.6 Å². The van der Waals surface area contributed by atoms with E-state index in [1.54, 1.807) is 0 Å². The Morgan fingerprint density at radius 1 is 1.53 bits per heavy atom. The summed E-state index contributed by atoms with van der Waals surface area (Å²) in [5.74, 6) is 0.452. The second-order valence-electron chi connectivity index (χ2n) is 4.64. The fourth-order valence-corrected chi connectivity index (χ4v) is 2.00. The van der Waals surface area contributed by atoms with E-state index in [1.165, 1.54) is 7.11 Å². The Bertz CT molecular complexity index is 406. The van der Waals surface area contributed by atoms with Crippen LogP contribution in [0.25, 0.3) is 0 Å². The second-order valence-corrected chi connectivity index (χ2v) is 4.64. The van der Waals surface area contributed by atoms with Crippen molar-refractivity contribution in [3.8, 4) is 0 Å². The van der Waals surface area contributed by atoms with Gasteiger partial charge in [-0.05, 0) is 38.8 Å². The van der Waals surface area contributed by atoms with Crippen LogP contribution in [0.5, 0.6) is 0 Å². The highest BCUT2D eigenvalue weighted by Crippen LogP contribution is 2.29. The quantitative estimate of drug-likeness (QED) is 0.306. The number of rotatable bonds is 7. The molecule has 1 aliphatic rings. The summed E-state index contributed by atoms with van der Waals surface area (Å²) < 4.78 is 5.41. The highest BCUT2D eigenvalue weighted by atomic mass is 17.2. The van der Waals surface area contributed by atoms with Gasteiger partial charge in [0.2, 0.25) is 0 Å². The summed E-state index contributed by atoms with van der Waals surface area (Å²) >= 11 is 0. The van der Waals surface area contributed by atoms with E-state index in [2.05, 4.69) is 36.4 Å². The minimum Gasteiger partial charge on any atom is -0.463 e. The van der Waals surface area contributed by atoms with Crippen LogP contribution in [-0.4, -0.2) is 25.5 Å². The van der Waals surface area contributed by atoms with Crippen LogP contribution in [0.1, 0.15) is 33.6 Å². The monoisotopic (exact) mass is 265 g/mol. The molecule has 1 aliphatic heterocycles. The summed E-state index contributed by atoms with van der Waals surface area (Å²) in [7, 11) is 1.47. The first-order chi connectivity index (χ1) is 9.08. The lowest BCUT2D eigenvalue weighted by Gasteiger charge is -2.08. The van der Waals surface area contributed by atoms with Gasteiger partial charge < -0.3 is 4.74 Å². The maximum Gasteiger partial charge on any atom is 0.320 e. The molecule has 0 aromatic carbocycles. The van der Waals surface area contributed by atoms with Crippen LogP contribution in [0, 0.1) is 0 Å². The summed E-state index contributed by atoms with van der Waals surface area (Å²) in [4.78, 5) is 14.2. The molecule has 0 saturated carbocycles. The van der Waals surface area contributed by atoms with Crippen LogP contribution >= 0.6 is 0 Å². The lowest BCUT2D eigenvalue weighted by Crippen LogP contribution is -2.00. The topological polar surface area (TPSA) is 40.0 Å². The van der Waals surface area contributed by atoms with Crippen molar-refractivity contribution < 1.29 is 14.5 Å². The first-order valence-corrected chi connectivity index (χ1v) is 6.51. The van der Waals surface area contributed by atoms with E-state index in [-0.39, 0.29) is 6.04 Å². The second kappa shape index (κ2) is 7.79. The molecule has 0 unspecified atom stereocenters. The molecule has 19 heavy (non-hydrogen) atoms. The number of nitrogens with zero attached hydrogens (tertiary/aromatic N) is 1. The van der Waals surface area contributed by atoms with Gasteiger partial charge in [0, 0.05) is 23.7 Å². The van der Waals surface area contributed by atoms with Crippen molar-refractivity contribution in [1.82, 2.24) is 0 Å². The van der Waals surface area contributed by atoms with E-state index in [0.717, 1.165) is 29.7 Å². The van der Waals surface area contributed by atoms with Gasteiger partial charge in [-0.15, -0.1) is 6.58 Å². The van der Waals surface area contributed by atoms with Crippen LogP contribution in [0.4, 0.5) is 0 Å². The Kier molecular flexibility index (Phi) is 6.36. The zero-order valence-corrected chi connectivity index (χ0v) is 12.2. The molecule has 0 aliphatic carbocycles. The van der Waals surface area contributed by atoms with Gasteiger partial charge >= 0.3 is 5.95 Å². The molecule has 0 fully saturated rings. The number of allylic oxidation sites excluding steroid dienone is 3. The highest BCUT2D eigenvalue weighted by Gasteiger charge is 2.21. The lowest BCUT2D eigenvalue weighted by atomic mass is 10.0. The molecule has 106 valence electrons. The molecule has 0 spiro atoms. The molecule has 0 amide bonds. The van der Waals surface area contributed by atoms with Crippen molar-refractivity contribution in [3.63, 3.8) is 0 Å². The van der Waals surface area contributed by atoms with E-state index in [9.17, 15) is 0 Å². The SMILES string of the molecule is C=CC/C(=C\C(C)=NC(C)C)C1=C(OOC)OCC1. The lowest BCUT2D eigenvalue weighted by molar-refractivity contribution is -0.268. The van der Waals surface area contributed by atoms with E-state index < -0.39 is 0 Å². The molecule has 4 nitrogen and oxygen atoms in total. The van der Waals surface area contributed by atoms with Gasteiger partial charge in [0.05, 0.1) is 13.7 Å². The number of aliphatic imine (C=N–C) groups is 1. The van der Waals surface area contributed by atoms with Crippen molar-refractivity contribution in [1.29, 1.82) is 0 Å². The van der Waals surface area contributed by atoms with Crippen LogP contribution in [-0.2, 0) is 14.5 Å². The Hall–Kier alpha value is -1.55. The van der Waals surface area contributed by atoms with E-state index >= 15 is 0 Å². The summed E-state index contributed by atoms with van der Waals surface area (Å²) in [6.07, 6.45) is 5.49. The van der Waals surface area contributed by atoms with Crippen molar-refractivity contribution in [2.75, 3.05) is 13.7 Å². The molecule has 4 heteroatoms. The average Bonchev–Trinajstić information content (AvgIpc) is 2.76. The zero-order chi connectivity index (χ0) is 14.3. The molecule has 0 saturated heterocycles. The predicted octanol–water partition coefficient (Wildman–Crippen LogP) is 3.57. The third kappa shape index (κ3) is 4.91. The predicted molar refractivity (Wildman–Crippen MR) is 76.8 cm³/mol. The minimum atomic E-state index is 0.282. The minimum absolute atomic E-state index is 0.282. The van der Waals surface area contributed by atoms with Crippen LogP contribution in [0.2, 0.25) is 0 Å². The van der Waals surface area contributed by atoms with Crippen molar-refractivity contribution in [2.45, 2.75) is 39.7 Å². The molecule has 1 heterocycles. The fourth-order valence-electron chi connectivity index (χ4n) is 2.00. The van der Waals surface area contributed by atoms with Gasteiger partial charge in [-0.3, -0.25) is 9.88 Å². The number of hydrogen-bond donors (Lipinski definition) is 0. The van der Waals surface area contributed by atoms with Crippen LogP contribution < -0.4 is 0 Å². The highest BCUT2D eigenvalue weighted by molar-refractivity contribution is 5.94. The maximum absolute atomic E-state index is 5.41. The van der Waals surface area contributed by atoms with Crippen LogP contribution in [0.15, 0.2) is 40.8 Å². The molecule has 1 rings (SSSR count). The van der Waals surface area contributed by atoms with Gasteiger partial charge in [-0.2, -0.15) is 4.89 Å². The maximum atomic E-state index is 5.41. The largest absolute Gasteiger partial charge is 0.463 e. The Morgan fingerprint density at radius 3 is 2.84 bits per heavy atom. The van der Waals surface area contributed by atoms with Crippen molar-refractivity contribution in [2.24, 2.45) is 4.99 Å². The van der Waals surface area contributed by atoms with Gasteiger partial charge in [-0.1, -0.05) is 6.08 Å². The standard InChI is InChI=1S/C15H23NO3/c1-6-7-13(10-12(4)16-11(2)3)14-8-9-18-15(14)19-17-5/h6,10-11H,1,7-9H2,2-5H3/b13-10+,16-12?. The van der Waals surface area contributed by atoms with E-state index in [1.807, 2.05) is 13.0 Å². The normalized spacial score (nSPS) is 16.9. The zero-order valence-electron chi connectivity index (χ0n) is 12.2. The Morgan fingerprint density at radius 2 is 2.26 bits per heavy atom. The van der Waals surface area contributed by atoms with Gasteiger partial charge in [-0.25, -0.2) is 0 Å². The molecular formula is C15H23NO3. The first-order valence-electron chi connectivity index (χ1n) is 6.51. The number of ether oxygens (including phenoxy) is 1. The number of hydrogen-bond acceptors (Lipinski definition) is 4. The fraction of sp³-hybridized carbons (Fsp3) is 0.533. The average molecular weight is 265 g/mol. The Balaban J connectivity index is 3.03. The molecule has 0 N–H and O–H groups in total. The van der Waals surface area contributed by atoms with Gasteiger partial charge in [0.25, 0.3) is 0 Å². The molecular weight excluding hydrogens is 242 g/mol. The summed E-state index contributed by atoms with van der Waals surface area (Å²) in [6, 6.07) is 0.282. The van der Waals surface area contributed by atoms with E-state index in [4.69, 9.17) is 9.62 Å². The summed E-state index contributed by atoms with van der Waals surface area (Å²) in [5.41, 5.74) is 3.13. The van der Waals surface area contributed by atoms with Gasteiger partial charge in [0.15, 0.2) is 0 Å². The molecule has 0 radical (unpaired) electrons. The molecule has 0 bridgehead atoms. The third-order valence-corrected chi connectivity index (χ3v) is 2.59. The first kappa shape index (κ1) is 15.5.